The van der Waals surface area contributed by atoms with Crippen molar-refractivity contribution in [1.29, 1.82) is 0 Å². The van der Waals surface area contributed by atoms with Crippen LogP contribution in [0.5, 0.6) is 0 Å². The maximum Gasteiger partial charge on any atom is 0.129 e. The number of nitrogens with zero attached hydrogens (tertiary/aromatic N) is 2. The molecule has 5 rings (SSSR count). The van der Waals surface area contributed by atoms with Gasteiger partial charge in [-0.15, -0.1) is 0 Å². The van der Waals surface area contributed by atoms with Crippen LogP contribution >= 0.6 is 23.2 Å². The first kappa shape index (κ1) is 19.5. The fraction of sp³-hybridized carbons (Fsp3) is 0.130. The van der Waals surface area contributed by atoms with Crippen molar-refractivity contribution in [2.75, 3.05) is 0 Å². The summed E-state index contributed by atoms with van der Waals surface area (Å²) in [6, 6.07) is 17.6. The molecular weight excluding hydrogens is 403 g/mol. The first-order chi connectivity index (χ1) is 14.2. The average Bonchev–Trinajstić information content (AvgIpc) is 3.33. The highest BCUT2D eigenvalue weighted by Gasteiger charge is 2.07. The van der Waals surface area contributed by atoms with E-state index >= 15 is 0 Å². The largest absolute Gasteiger partial charge is 0.360 e. The molecule has 0 aliphatic carbocycles. The van der Waals surface area contributed by atoms with Crippen molar-refractivity contribution < 1.29 is 0 Å². The SMILES string of the molecule is CCCc1c[nH]c2ccc(Cl)nc12.Clc1ccc2[nH]cc(-c3ccccc3)c2n1. The van der Waals surface area contributed by atoms with Gasteiger partial charge in [0.1, 0.15) is 10.3 Å². The zero-order valence-corrected chi connectivity index (χ0v) is 17.4. The van der Waals surface area contributed by atoms with Crippen LogP contribution < -0.4 is 0 Å². The molecule has 0 bridgehead atoms. The number of nitrogens with one attached hydrogen (secondary N) is 2. The first-order valence-electron chi connectivity index (χ1n) is 9.47. The van der Waals surface area contributed by atoms with E-state index in [4.69, 9.17) is 23.2 Å². The summed E-state index contributed by atoms with van der Waals surface area (Å²) in [7, 11) is 0. The van der Waals surface area contributed by atoms with Crippen molar-refractivity contribution in [2.45, 2.75) is 19.8 Å². The Balaban J connectivity index is 0.000000145. The van der Waals surface area contributed by atoms with Gasteiger partial charge in [0, 0.05) is 18.0 Å². The minimum absolute atomic E-state index is 0.518. The van der Waals surface area contributed by atoms with Crippen molar-refractivity contribution in [3.05, 3.63) is 82.9 Å². The smallest absolute Gasteiger partial charge is 0.129 e. The monoisotopic (exact) mass is 422 g/mol. The number of hydrogen-bond donors (Lipinski definition) is 2. The van der Waals surface area contributed by atoms with Crippen LogP contribution in [-0.2, 0) is 6.42 Å². The third-order valence-electron chi connectivity index (χ3n) is 4.66. The van der Waals surface area contributed by atoms with E-state index < -0.39 is 0 Å². The van der Waals surface area contributed by atoms with Gasteiger partial charge in [-0.2, -0.15) is 0 Å². The molecule has 0 aliphatic rings. The Bertz CT molecular complexity index is 1240. The number of rotatable bonds is 3. The normalized spacial score (nSPS) is 10.9. The van der Waals surface area contributed by atoms with Gasteiger partial charge in [0.05, 0.1) is 22.1 Å². The van der Waals surface area contributed by atoms with Crippen molar-refractivity contribution in [2.24, 2.45) is 0 Å². The number of aryl methyl sites for hydroxylation is 1. The molecule has 29 heavy (non-hydrogen) atoms. The Morgan fingerprint density at radius 3 is 2.07 bits per heavy atom. The van der Waals surface area contributed by atoms with Crippen molar-refractivity contribution in [1.82, 2.24) is 19.9 Å². The number of pyridine rings is 2. The van der Waals surface area contributed by atoms with E-state index in [1.807, 2.05) is 42.7 Å². The molecule has 0 saturated heterocycles. The van der Waals surface area contributed by atoms with E-state index in [9.17, 15) is 0 Å². The molecule has 1 aromatic carbocycles. The summed E-state index contributed by atoms with van der Waals surface area (Å²) in [5, 5.41) is 1.08. The molecule has 0 aliphatic heterocycles. The molecule has 4 heterocycles. The van der Waals surface area contributed by atoms with Gasteiger partial charge in [0.25, 0.3) is 0 Å². The molecule has 146 valence electrons. The van der Waals surface area contributed by atoms with Gasteiger partial charge in [0.15, 0.2) is 0 Å². The summed E-state index contributed by atoms with van der Waals surface area (Å²) in [5.74, 6) is 0. The van der Waals surface area contributed by atoms with E-state index in [1.54, 1.807) is 12.1 Å². The predicted octanol–water partition coefficient (Wildman–Crippen LogP) is 7.05. The molecule has 0 atom stereocenters. The van der Waals surface area contributed by atoms with Gasteiger partial charge in [-0.3, -0.25) is 0 Å². The van der Waals surface area contributed by atoms with Crippen LogP contribution in [0.4, 0.5) is 0 Å². The number of fused-ring (bicyclic) bond motifs is 2. The molecule has 0 radical (unpaired) electrons. The van der Waals surface area contributed by atoms with Gasteiger partial charge in [-0.05, 0) is 41.8 Å². The number of H-pyrrole nitrogens is 2. The molecule has 0 saturated carbocycles. The summed E-state index contributed by atoms with van der Waals surface area (Å²) in [4.78, 5) is 15.0. The predicted molar refractivity (Wildman–Crippen MR) is 122 cm³/mol. The molecule has 0 fully saturated rings. The highest BCUT2D eigenvalue weighted by atomic mass is 35.5. The van der Waals surface area contributed by atoms with Crippen LogP contribution in [-0.4, -0.2) is 19.9 Å². The maximum absolute atomic E-state index is 5.91. The number of aromatic amines is 2. The summed E-state index contributed by atoms with van der Waals surface area (Å²) in [6.07, 6.45) is 6.15. The molecule has 0 spiro atoms. The Morgan fingerprint density at radius 2 is 1.38 bits per heavy atom. The second kappa shape index (κ2) is 8.68. The molecule has 2 N–H and O–H groups in total. The Labute approximate surface area is 178 Å². The lowest BCUT2D eigenvalue weighted by Gasteiger charge is -1.98. The maximum atomic E-state index is 5.91. The fourth-order valence-electron chi connectivity index (χ4n) is 3.30. The highest BCUT2D eigenvalue weighted by Crippen LogP contribution is 2.27. The summed E-state index contributed by atoms with van der Waals surface area (Å²) in [6.45, 7) is 2.16. The summed E-state index contributed by atoms with van der Waals surface area (Å²) in [5.41, 5.74) is 7.46. The lowest BCUT2D eigenvalue weighted by Crippen LogP contribution is -1.82. The summed E-state index contributed by atoms with van der Waals surface area (Å²) >= 11 is 11.7. The zero-order valence-electron chi connectivity index (χ0n) is 15.9. The number of halogens is 2. The van der Waals surface area contributed by atoms with Crippen molar-refractivity contribution in [3.63, 3.8) is 0 Å². The van der Waals surface area contributed by atoms with Crippen LogP contribution in [0.15, 0.2) is 67.0 Å². The third-order valence-corrected chi connectivity index (χ3v) is 5.08. The Hall–Kier alpha value is -2.82. The van der Waals surface area contributed by atoms with Gasteiger partial charge in [-0.1, -0.05) is 66.9 Å². The number of benzene rings is 1. The molecule has 4 aromatic heterocycles. The topological polar surface area (TPSA) is 57.4 Å². The fourth-order valence-corrected chi connectivity index (χ4v) is 3.60. The van der Waals surface area contributed by atoms with Crippen LogP contribution in [0.2, 0.25) is 10.3 Å². The van der Waals surface area contributed by atoms with Crippen molar-refractivity contribution in [3.8, 4) is 11.1 Å². The highest BCUT2D eigenvalue weighted by molar-refractivity contribution is 6.30. The van der Waals surface area contributed by atoms with E-state index in [0.29, 0.717) is 10.3 Å². The van der Waals surface area contributed by atoms with E-state index in [-0.39, 0.29) is 0 Å². The molecule has 6 heteroatoms. The van der Waals surface area contributed by atoms with Crippen LogP contribution in [0, 0.1) is 0 Å². The van der Waals surface area contributed by atoms with Gasteiger partial charge in [0.2, 0.25) is 0 Å². The minimum atomic E-state index is 0.518. The quantitative estimate of drug-likeness (QED) is 0.306. The van der Waals surface area contributed by atoms with Crippen LogP contribution in [0.3, 0.4) is 0 Å². The van der Waals surface area contributed by atoms with Gasteiger partial charge < -0.3 is 9.97 Å². The summed E-state index contributed by atoms with van der Waals surface area (Å²) < 4.78 is 0. The molecule has 5 aromatic rings. The molecular formula is C23H20Cl2N4. The second-order valence-corrected chi connectivity index (χ2v) is 7.47. The molecule has 0 unspecified atom stereocenters. The lowest BCUT2D eigenvalue weighted by atomic mass is 10.1. The first-order valence-corrected chi connectivity index (χ1v) is 10.2. The third kappa shape index (κ3) is 4.29. The van der Waals surface area contributed by atoms with Crippen molar-refractivity contribution >= 4 is 45.3 Å². The molecule has 0 amide bonds. The van der Waals surface area contributed by atoms with Gasteiger partial charge >= 0.3 is 0 Å². The lowest BCUT2D eigenvalue weighted by molar-refractivity contribution is 0.926. The Kier molecular flexibility index (Phi) is 5.84. The second-order valence-electron chi connectivity index (χ2n) is 6.69. The zero-order chi connectivity index (χ0) is 20.2. The number of aromatic nitrogens is 4. The van der Waals surface area contributed by atoms with Crippen LogP contribution in [0.25, 0.3) is 33.2 Å². The standard InChI is InChI=1S/C13H9ClN2.C10H11ClN2/c14-12-7-6-11-13(16-12)10(8-15-11)9-4-2-1-3-5-9;1-2-3-7-6-12-8-4-5-9(11)13-10(7)8/h1-8,15H;4-6,12H,2-3H2,1H3. The van der Waals surface area contributed by atoms with E-state index in [2.05, 4.69) is 39.0 Å². The Morgan fingerprint density at radius 1 is 0.759 bits per heavy atom. The van der Waals surface area contributed by atoms with Gasteiger partial charge in [-0.25, -0.2) is 9.97 Å². The van der Waals surface area contributed by atoms with E-state index in [0.717, 1.165) is 46.0 Å². The average molecular weight is 423 g/mol. The van der Waals surface area contributed by atoms with Crippen LogP contribution in [0.1, 0.15) is 18.9 Å². The minimum Gasteiger partial charge on any atom is -0.360 e. The van der Waals surface area contributed by atoms with E-state index in [1.165, 1.54) is 5.56 Å². The number of hydrogen-bond acceptors (Lipinski definition) is 2. The molecule has 4 nitrogen and oxygen atoms in total.